The zero-order valence-electron chi connectivity index (χ0n) is 11.8. The summed E-state index contributed by atoms with van der Waals surface area (Å²) in [7, 11) is 0. The molecular formula is C15H20ClN3O. The summed E-state index contributed by atoms with van der Waals surface area (Å²) in [6, 6.07) is 5.64. The van der Waals surface area contributed by atoms with E-state index in [9.17, 15) is 0 Å². The molecule has 1 aromatic carbocycles. The van der Waals surface area contributed by atoms with Crippen LogP contribution in [0.5, 0.6) is 11.5 Å². The van der Waals surface area contributed by atoms with Gasteiger partial charge in [0.1, 0.15) is 5.75 Å². The van der Waals surface area contributed by atoms with Gasteiger partial charge in [-0.05, 0) is 43.5 Å². The van der Waals surface area contributed by atoms with Gasteiger partial charge in [-0.3, -0.25) is 4.68 Å². The topological polar surface area (TPSA) is 53.1 Å². The van der Waals surface area contributed by atoms with E-state index in [4.69, 9.17) is 22.1 Å². The van der Waals surface area contributed by atoms with Crippen LogP contribution in [-0.2, 0) is 13.0 Å². The number of benzene rings is 1. The van der Waals surface area contributed by atoms with Gasteiger partial charge >= 0.3 is 0 Å². The number of aromatic nitrogens is 2. The van der Waals surface area contributed by atoms with E-state index in [0.717, 1.165) is 36.4 Å². The van der Waals surface area contributed by atoms with Gasteiger partial charge < -0.3 is 10.5 Å². The Morgan fingerprint density at radius 3 is 2.95 bits per heavy atom. The molecule has 0 aliphatic rings. The molecule has 20 heavy (non-hydrogen) atoms. The first-order valence-electron chi connectivity index (χ1n) is 6.82. The van der Waals surface area contributed by atoms with Gasteiger partial charge in [-0.1, -0.05) is 18.5 Å². The average molecular weight is 294 g/mol. The fourth-order valence-electron chi connectivity index (χ4n) is 2.03. The largest absolute Gasteiger partial charge is 0.454 e. The van der Waals surface area contributed by atoms with Crippen molar-refractivity contribution in [1.82, 2.24) is 9.78 Å². The highest BCUT2D eigenvalue weighted by Gasteiger charge is 2.09. The van der Waals surface area contributed by atoms with Gasteiger partial charge in [-0.2, -0.15) is 5.10 Å². The Morgan fingerprint density at radius 2 is 2.25 bits per heavy atom. The molecule has 0 spiro atoms. The van der Waals surface area contributed by atoms with Crippen molar-refractivity contribution in [2.45, 2.75) is 39.3 Å². The average Bonchev–Trinajstić information content (AvgIpc) is 2.80. The van der Waals surface area contributed by atoms with Gasteiger partial charge in [-0.15, -0.1) is 0 Å². The number of halogens is 1. The molecule has 0 fully saturated rings. The quantitative estimate of drug-likeness (QED) is 0.885. The SMILES string of the molecule is CCCn1cc(Oc2ccc(Cl)cc2CC(C)N)cn1. The Kier molecular flexibility index (Phi) is 5.04. The molecule has 5 heteroatoms. The summed E-state index contributed by atoms with van der Waals surface area (Å²) >= 11 is 6.04. The number of hydrogen-bond acceptors (Lipinski definition) is 3. The number of rotatable bonds is 6. The van der Waals surface area contributed by atoms with Crippen molar-refractivity contribution in [3.63, 3.8) is 0 Å². The number of ether oxygens (including phenoxy) is 1. The van der Waals surface area contributed by atoms with Crippen LogP contribution in [0.1, 0.15) is 25.8 Å². The molecule has 4 nitrogen and oxygen atoms in total. The van der Waals surface area contributed by atoms with Gasteiger partial charge in [0.05, 0.1) is 12.4 Å². The van der Waals surface area contributed by atoms with E-state index in [1.165, 1.54) is 0 Å². The monoisotopic (exact) mass is 293 g/mol. The second-order valence-corrected chi connectivity index (χ2v) is 5.41. The third-order valence-electron chi connectivity index (χ3n) is 2.85. The molecule has 108 valence electrons. The number of nitrogens with zero attached hydrogens (tertiary/aromatic N) is 2. The number of hydrogen-bond donors (Lipinski definition) is 1. The van der Waals surface area contributed by atoms with Gasteiger partial charge in [-0.25, -0.2) is 0 Å². The highest BCUT2D eigenvalue weighted by Crippen LogP contribution is 2.28. The van der Waals surface area contributed by atoms with Crippen LogP contribution in [0.25, 0.3) is 0 Å². The molecule has 2 N–H and O–H groups in total. The highest BCUT2D eigenvalue weighted by atomic mass is 35.5. The lowest BCUT2D eigenvalue weighted by Crippen LogP contribution is -2.18. The summed E-state index contributed by atoms with van der Waals surface area (Å²) in [6.45, 7) is 4.96. The van der Waals surface area contributed by atoms with E-state index in [0.29, 0.717) is 5.02 Å². The predicted molar refractivity (Wildman–Crippen MR) is 81.4 cm³/mol. The van der Waals surface area contributed by atoms with Crippen LogP contribution in [-0.4, -0.2) is 15.8 Å². The van der Waals surface area contributed by atoms with E-state index in [-0.39, 0.29) is 6.04 Å². The highest BCUT2D eigenvalue weighted by molar-refractivity contribution is 6.30. The second-order valence-electron chi connectivity index (χ2n) is 4.97. The molecule has 0 amide bonds. The Hall–Kier alpha value is -1.52. The lowest BCUT2D eigenvalue weighted by Gasteiger charge is -2.12. The normalized spacial score (nSPS) is 12.4. The molecule has 0 aliphatic carbocycles. The van der Waals surface area contributed by atoms with E-state index in [1.54, 1.807) is 6.20 Å². The van der Waals surface area contributed by atoms with Crippen LogP contribution in [0.4, 0.5) is 0 Å². The number of nitrogens with two attached hydrogens (primary N) is 1. The maximum Gasteiger partial charge on any atom is 0.165 e. The Morgan fingerprint density at radius 1 is 1.45 bits per heavy atom. The first kappa shape index (κ1) is 14.9. The van der Waals surface area contributed by atoms with Crippen LogP contribution in [0, 0.1) is 0 Å². The number of aryl methyl sites for hydroxylation is 1. The van der Waals surface area contributed by atoms with Crippen molar-refractivity contribution in [1.29, 1.82) is 0 Å². The summed E-state index contributed by atoms with van der Waals surface area (Å²) in [4.78, 5) is 0. The first-order valence-corrected chi connectivity index (χ1v) is 7.20. The summed E-state index contributed by atoms with van der Waals surface area (Å²) < 4.78 is 7.77. The lowest BCUT2D eigenvalue weighted by atomic mass is 10.1. The molecule has 0 bridgehead atoms. The molecule has 1 aromatic heterocycles. The first-order chi connectivity index (χ1) is 9.58. The molecule has 0 saturated heterocycles. The Balaban J connectivity index is 2.18. The fraction of sp³-hybridized carbons (Fsp3) is 0.400. The lowest BCUT2D eigenvalue weighted by molar-refractivity contribution is 0.472. The summed E-state index contributed by atoms with van der Waals surface area (Å²) in [5.74, 6) is 1.51. The van der Waals surface area contributed by atoms with Gasteiger partial charge in [0.25, 0.3) is 0 Å². The summed E-state index contributed by atoms with van der Waals surface area (Å²) in [5, 5.41) is 4.94. The second kappa shape index (κ2) is 6.77. The van der Waals surface area contributed by atoms with E-state index >= 15 is 0 Å². The molecule has 1 atom stereocenters. The third-order valence-corrected chi connectivity index (χ3v) is 3.09. The maximum atomic E-state index is 6.04. The van der Waals surface area contributed by atoms with Gasteiger partial charge in [0, 0.05) is 17.6 Å². The van der Waals surface area contributed by atoms with Crippen molar-refractivity contribution in [2.24, 2.45) is 5.73 Å². The Labute approximate surface area is 124 Å². The van der Waals surface area contributed by atoms with Crippen molar-refractivity contribution >= 4 is 11.6 Å². The minimum absolute atomic E-state index is 0.0543. The molecule has 0 saturated carbocycles. The van der Waals surface area contributed by atoms with Crippen molar-refractivity contribution in [3.8, 4) is 11.5 Å². The summed E-state index contributed by atoms with van der Waals surface area (Å²) in [5.41, 5.74) is 6.88. The van der Waals surface area contributed by atoms with E-state index in [1.807, 2.05) is 36.0 Å². The summed E-state index contributed by atoms with van der Waals surface area (Å²) in [6.07, 6.45) is 5.38. The maximum absolute atomic E-state index is 6.04. The van der Waals surface area contributed by atoms with Crippen LogP contribution in [0.3, 0.4) is 0 Å². The van der Waals surface area contributed by atoms with Crippen LogP contribution >= 0.6 is 11.6 Å². The van der Waals surface area contributed by atoms with E-state index < -0.39 is 0 Å². The zero-order valence-corrected chi connectivity index (χ0v) is 12.6. The molecular weight excluding hydrogens is 274 g/mol. The van der Waals surface area contributed by atoms with Crippen molar-refractivity contribution < 1.29 is 4.74 Å². The standard InChI is InChI=1S/C15H20ClN3O/c1-3-6-19-10-14(9-18-19)20-15-5-4-13(16)8-12(15)7-11(2)17/h4-5,8-11H,3,6-7,17H2,1-2H3. The molecule has 1 unspecified atom stereocenters. The smallest absolute Gasteiger partial charge is 0.165 e. The molecule has 0 radical (unpaired) electrons. The van der Waals surface area contributed by atoms with Crippen LogP contribution in [0.2, 0.25) is 5.02 Å². The molecule has 0 aliphatic heterocycles. The predicted octanol–water partition coefficient (Wildman–Crippen LogP) is 3.63. The molecule has 2 rings (SSSR count). The zero-order chi connectivity index (χ0) is 14.5. The van der Waals surface area contributed by atoms with Crippen molar-refractivity contribution in [2.75, 3.05) is 0 Å². The van der Waals surface area contributed by atoms with Gasteiger partial charge in [0.15, 0.2) is 5.75 Å². The van der Waals surface area contributed by atoms with Crippen molar-refractivity contribution in [3.05, 3.63) is 41.2 Å². The minimum Gasteiger partial charge on any atom is -0.454 e. The molecule has 1 heterocycles. The van der Waals surface area contributed by atoms with Crippen LogP contribution < -0.4 is 10.5 Å². The Bertz CT molecular complexity index is 566. The molecule has 2 aromatic rings. The third kappa shape index (κ3) is 3.99. The van der Waals surface area contributed by atoms with Gasteiger partial charge in [0.2, 0.25) is 0 Å². The van der Waals surface area contributed by atoms with E-state index in [2.05, 4.69) is 12.0 Å². The minimum atomic E-state index is 0.0543. The fourth-order valence-corrected chi connectivity index (χ4v) is 2.22. The van der Waals surface area contributed by atoms with Crippen LogP contribution in [0.15, 0.2) is 30.6 Å².